The second kappa shape index (κ2) is 7.07. The molecule has 1 aliphatic carbocycles. The van der Waals surface area contributed by atoms with E-state index < -0.39 is 17.1 Å². The molecule has 0 aliphatic heterocycles. The third-order valence-corrected chi connectivity index (χ3v) is 4.35. The molecule has 2 aromatic carbocycles. The van der Waals surface area contributed by atoms with Gasteiger partial charge in [0.15, 0.2) is 0 Å². The molecule has 2 aromatic rings. The van der Waals surface area contributed by atoms with Crippen molar-refractivity contribution in [3.63, 3.8) is 0 Å². The second-order valence-corrected chi connectivity index (χ2v) is 6.33. The quantitative estimate of drug-likeness (QED) is 0.627. The van der Waals surface area contributed by atoms with Gasteiger partial charge in [0, 0.05) is 22.5 Å². The van der Waals surface area contributed by atoms with Crippen LogP contribution >= 0.6 is 11.6 Å². The highest BCUT2D eigenvalue weighted by Crippen LogP contribution is 2.50. The molecular weight excluding hydrogens is 341 g/mol. The molecule has 25 heavy (non-hydrogen) atoms. The molecule has 0 atom stereocenters. The lowest BCUT2D eigenvalue weighted by molar-refractivity contribution is -0.120. The molecule has 0 bridgehead atoms. The number of nitrogens with zero attached hydrogens (tertiary/aromatic N) is 1. The number of hydrogen-bond acceptors (Lipinski definition) is 2. The Morgan fingerprint density at radius 1 is 1.24 bits per heavy atom. The summed E-state index contributed by atoms with van der Waals surface area (Å²) in [4.78, 5) is 16.4. The Morgan fingerprint density at radius 2 is 1.96 bits per heavy atom. The van der Waals surface area contributed by atoms with Crippen LogP contribution in [0.2, 0.25) is 5.02 Å². The molecule has 0 unspecified atom stereocenters. The second-order valence-electron chi connectivity index (χ2n) is 5.89. The molecular formula is C19H17ClFN3O. The fourth-order valence-electron chi connectivity index (χ4n) is 2.61. The monoisotopic (exact) mass is 357 g/mol. The van der Waals surface area contributed by atoms with Gasteiger partial charge in [-0.25, -0.2) is 4.39 Å². The molecule has 1 saturated carbocycles. The van der Waals surface area contributed by atoms with Gasteiger partial charge in [-0.3, -0.25) is 4.79 Å². The Balaban J connectivity index is 1.72. The number of aliphatic imine (C=N–C) groups is 1. The van der Waals surface area contributed by atoms with E-state index in [0.717, 1.165) is 5.69 Å². The topological polar surface area (TPSA) is 67.5 Å². The number of halogens is 2. The number of anilines is 1. The number of hydrogen-bond donors (Lipinski definition) is 2. The SMILES string of the molecule is NC(/C=C\Nc1ccccc1)=NC(=O)C1(c2cc(Cl)ccc2F)CC1. The third-order valence-electron chi connectivity index (χ3n) is 4.11. The van der Waals surface area contributed by atoms with Gasteiger partial charge in [0.05, 0.1) is 5.41 Å². The van der Waals surface area contributed by atoms with Crippen LogP contribution in [-0.2, 0) is 10.2 Å². The fraction of sp³-hybridized carbons (Fsp3) is 0.158. The lowest BCUT2D eigenvalue weighted by atomic mass is 9.94. The van der Waals surface area contributed by atoms with Crippen LogP contribution in [0.1, 0.15) is 18.4 Å². The molecule has 4 nitrogen and oxygen atoms in total. The molecule has 6 heteroatoms. The predicted octanol–water partition coefficient (Wildman–Crippen LogP) is 4.02. The molecule has 0 spiro atoms. The molecule has 3 N–H and O–H groups in total. The van der Waals surface area contributed by atoms with E-state index in [9.17, 15) is 9.18 Å². The van der Waals surface area contributed by atoms with Gasteiger partial charge in [-0.05, 0) is 49.2 Å². The van der Waals surface area contributed by atoms with Crippen molar-refractivity contribution in [2.24, 2.45) is 10.7 Å². The van der Waals surface area contributed by atoms with Crippen LogP contribution in [0.4, 0.5) is 10.1 Å². The lowest BCUT2D eigenvalue weighted by Gasteiger charge is -2.13. The average Bonchev–Trinajstić information content (AvgIpc) is 3.40. The van der Waals surface area contributed by atoms with E-state index in [1.165, 1.54) is 24.3 Å². The summed E-state index contributed by atoms with van der Waals surface area (Å²) in [5.74, 6) is -0.844. The molecule has 0 heterocycles. The van der Waals surface area contributed by atoms with Crippen LogP contribution < -0.4 is 11.1 Å². The molecule has 0 saturated heterocycles. The van der Waals surface area contributed by atoms with Crippen LogP contribution in [0.15, 0.2) is 65.8 Å². The van der Waals surface area contributed by atoms with Crippen LogP contribution in [0, 0.1) is 5.82 Å². The van der Waals surface area contributed by atoms with Crippen molar-refractivity contribution >= 4 is 29.0 Å². The van der Waals surface area contributed by atoms with Crippen LogP contribution in [-0.4, -0.2) is 11.7 Å². The minimum atomic E-state index is -0.944. The van der Waals surface area contributed by atoms with E-state index >= 15 is 0 Å². The smallest absolute Gasteiger partial charge is 0.258 e. The number of rotatable bonds is 5. The van der Waals surface area contributed by atoms with Crippen LogP contribution in [0.5, 0.6) is 0 Å². The zero-order valence-electron chi connectivity index (χ0n) is 13.4. The fourth-order valence-corrected chi connectivity index (χ4v) is 2.78. The maximum atomic E-state index is 14.1. The number of carbonyl (C=O) groups excluding carboxylic acids is 1. The minimum Gasteiger partial charge on any atom is -0.384 e. The van der Waals surface area contributed by atoms with Crippen molar-refractivity contribution in [1.29, 1.82) is 0 Å². The Kier molecular flexibility index (Phi) is 4.86. The average molecular weight is 358 g/mol. The number of amides is 1. The molecule has 128 valence electrons. The van der Waals surface area contributed by atoms with Gasteiger partial charge in [0.25, 0.3) is 5.91 Å². The first-order chi connectivity index (χ1) is 12.0. The van der Waals surface area contributed by atoms with E-state index in [0.29, 0.717) is 17.9 Å². The predicted molar refractivity (Wildman–Crippen MR) is 98.2 cm³/mol. The molecule has 0 radical (unpaired) electrons. The van der Waals surface area contributed by atoms with E-state index in [1.807, 2.05) is 30.3 Å². The summed E-state index contributed by atoms with van der Waals surface area (Å²) < 4.78 is 14.1. The molecule has 0 aromatic heterocycles. The third kappa shape index (κ3) is 3.88. The van der Waals surface area contributed by atoms with Crippen LogP contribution in [0.3, 0.4) is 0 Å². The normalized spacial score (nSPS) is 16.0. The highest BCUT2D eigenvalue weighted by Gasteiger charge is 2.53. The van der Waals surface area contributed by atoms with E-state index in [4.69, 9.17) is 17.3 Å². The van der Waals surface area contributed by atoms with Gasteiger partial charge in [0.1, 0.15) is 11.7 Å². The summed E-state index contributed by atoms with van der Waals surface area (Å²) in [5, 5.41) is 3.41. The Morgan fingerprint density at radius 3 is 2.64 bits per heavy atom. The van der Waals surface area contributed by atoms with E-state index in [-0.39, 0.29) is 11.4 Å². The molecule has 1 aliphatic rings. The number of nitrogens with two attached hydrogens (primary N) is 1. The zero-order chi connectivity index (χ0) is 17.9. The summed E-state index contributed by atoms with van der Waals surface area (Å²) in [5.41, 5.74) is 6.02. The van der Waals surface area contributed by atoms with Crippen molar-refractivity contribution in [2.75, 3.05) is 5.32 Å². The summed E-state index contributed by atoms with van der Waals surface area (Å²) in [7, 11) is 0. The van der Waals surface area contributed by atoms with Gasteiger partial charge in [-0.1, -0.05) is 29.8 Å². The van der Waals surface area contributed by atoms with Gasteiger partial charge in [-0.2, -0.15) is 4.99 Å². The Bertz CT molecular complexity index is 845. The maximum Gasteiger partial charge on any atom is 0.258 e. The number of benzene rings is 2. The molecule has 3 rings (SSSR count). The van der Waals surface area contributed by atoms with Gasteiger partial charge < -0.3 is 11.1 Å². The summed E-state index contributed by atoms with van der Waals surface area (Å²) >= 11 is 5.93. The van der Waals surface area contributed by atoms with Crippen molar-refractivity contribution < 1.29 is 9.18 Å². The zero-order valence-corrected chi connectivity index (χ0v) is 14.1. The molecule has 1 fully saturated rings. The van der Waals surface area contributed by atoms with Crippen LogP contribution in [0.25, 0.3) is 0 Å². The first-order valence-electron chi connectivity index (χ1n) is 7.83. The van der Waals surface area contributed by atoms with Gasteiger partial charge in [0.2, 0.25) is 0 Å². The Labute approximate surface area is 150 Å². The van der Waals surface area contributed by atoms with E-state index in [2.05, 4.69) is 10.3 Å². The summed E-state index contributed by atoms with van der Waals surface area (Å²) in [6.07, 6.45) is 4.16. The first kappa shape index (κ1) is 17.2. The van der Waals surface area contributed by atoms with Gasteiger partial charge in [-0.15, -0.1) is 0 Å². The highest BCUT2D eigenvalue weighted by molar-refractivity contribution is 6.30. The Hall–Kier alpha value is -2.66. The number of nitrogens with one attached hydrogen (secondary N) is 1. The number of para-hydroxylation sites is 1. The van der Waals surface area contributed by atoms with Gasteiger partial charge >= 0.3 is 0 Å². The van der Waals surface area contributed by atoms with Crippen molar-refractivity contribution in [2.45, 2.75) is 18.3 Å². The lowest BCUT2D eigenvalue weighted by Crippen LogP contribution is -2.23. The number of carbonyl (C=O) groups is 1. The minimum absolute atomic E-state index is 0.0575. The summed E-state index contributed by atoms with van der Waals surface area (Å²) in [6, 6.07) is 13.7. The largest absolute Gasteiger partial charge is 0.384 e. The summed E-state index contributed by atoms with van der Waals surface area (Å²) in [6.45, 7) is 0. The molecule has 1 amide bonds. The van der Waals surface area contributed by atoms with Crippen molar-refractivity contribution in [1.82, 2.24) is 0 Å². The highest BCUT2D eigenvalue weighted by atomic mass is 35.5. The first-order valence-corrected chi connectivity index (χ1v) is 8.21. The maximum absolute atomic E-state index is 14.1. The number of amidine groups is 1. The van der Waals surface area contributed by atoms with E-state index in [1.54, 1.807) is 6.20 Å². The van der Waals surface area contributed by atoms with Crippen molar-refractivity contribution in [3.05, 3.63) is 77.2 Å². The van der Waals surface area contributed by atoms with Crippen molar-refractivity contribution in [3.8, 4) is 0 Å². The standard InChI is InChI=1S/C19H17ClFN3O/c20-13-6-7-16(21)15(12-13)19(9-10-19)18(25)24-17(22)8-11-23-14-4-2-1-3-5-14/h1-8,11-12,23H,9-10H2,(H2,22,24,25)/b11-8-.